The summed E-state index contributed by atoms with van der Waals surface area (Å²) in [5, 5.41) is 0. The van der Waals surface area contributed by atoms with Crippen LogP contribution in [0.1, 0.15) is 0 Å². The predicted octanol–water partition coefficient (Wildman–Crippen LogP) is 2.75. The number of halogens is 4. The van der Waals surface area contributed by atoms with Crippen molar-refractivity contribution in [2.75, 3.05) is 0 Å². The number of rotatable bonds is 0. The Hall–Kier alpha value is 0.113. The van der Waals surface area contributed by atoms with Gasteiger partial charge >= 0.3 is 30.0 Å². The molecule has 0 fully saturated rings. The Morgan fingerprint density at radius 2 is 1.73 bits per heavy atom. The molecule has 0 saturated heterocycles. The van der Waals surface area contributed by atoms with Crippen LogP contribution in [0.25, 0.3) is 0 Å². The Kier molecular flexibility index (Phi) is 5.78. The van der Waals surface area contributed by atoms with Gasteiger partial charge in [0.2, 0.25) is 0 Å². The molecule has 0 saturated carbocycles. The fourth-order valence-electron chi connectivity index (χ4n) is 0.423. The quantitative estimate of drug-likeness (QED) is 0.388. The van der Waals surface area contributed by atoms with Crippen LogP contribution in [-0.4, -0.2) is 0 Å². The van der Waals surface area contributed by atoms with Crippen molar-refractivity contribution < 1.29 is 29.5 Å². The van der Waals surface area contributed by atoms with Gasteiger partial charge in [0, 0.05) is 11.6 Å². The van der Waals surface area contributed by atoms with Gasteiger partial charge in [0.15, 0.2) is 0 Å². The summed E-state index contributed by atoms with van der Waals surface area (Å²) in [4.78, 5) is 0. The summed E-state index contributed by atoms with van der Waals surface area (Å²) in [5.74, 6) is -3.17. The van der Waals surface area contributed by atoms with Gasteiger partial charge < -0.3 is 0 Å². The molecule has 1 aromatic rings. The van der Waals surface area contributed by atoms with Gasteiger partial charge in [-0.05, 0) is 0 Å². The maximum absolute atomic E-state index is 11.9. The van der Waals surface area contributed by atoms with E-state index < -0.39 is 17.5 Å². The Morgan fingerprint density at radius 1 is 1.18 bits per heavy atom. The van der Waals surface area contributed by atoms with Crippen LogP contribution in [0.15, 0.2) is 12.1 Å². The second-order valence-electron chi connectivity index (χ2n) is 1.48. The molecule has 0 aliphatic heterocycles. The molecule has 1 aromatic carbocycles. The molecule has 11 heavy (non-hydrogen) atoms. The molecule has 0 nitrogen and oxygen atoms in total. The van der Waals surface area contributed by atoms with Crippen molar-refractivity contribution in [2.24, 2.45) is 0 Å². The molecule has 0 heterocycles. The van der Waals surface area contributed by atoms with Gasteiger partial charge in [0.05, 0.1) is 5.82 Å². The van der Waals surface area contributed by atoms with Gasteiger partial charge in [-0.3, -0.25) is 4.39 Å². The van der Waals surface area contributed by atoms with Crippen molar-refractivity contribution in [2.45, 2.75) is 0 Å². The first kappa shape index (κ1) is 11.1. The average Bonchev–Trinajstić information content (AvgIpc) is 2.02. The van der Waals surface area contributed by atoms with Crippen molar-refractivity contribution in [1.29, 1.82) is 0 Å². The molecule has 0 bridgehead atoms. The van der Waals surface area contributed by atoms with Crippen LogP contribution >= 0.6 is 13.6 Å². The molecule has 56 valence electrons. The fourth-order valence-corrected chi connectivity index (χ4v) is 0.423. The van der Waals surface area contributed by atoms with E-state index in [4.69, 9.17) is 0 Å². The number of hydrogen-bond acceptors (Lipinski definition) is 0. The van der Waals surface area contributed by atoms with Crippen LogP contribution in [0.4, 0.5) is 13.2 Å². The van der Waals surface area contributed by atoms with E-state index in [1.807, 2.05) is 6.07 Å². The number of hydrogen-bond donors (Lipinski definition) is 0. The molecule has 0 unspecified atom stereocenters. The molecular weight excluding hydrogens is 274 g/mol. The molecular formula is C6H2BrF3Zn. The van der Waals surface area contributed by atoms with Gasteiger partial charge in [-0.25, -0.2) is 8.78 Å². The molecule has 0 amide bonds. The first-order valence-electron chi connectivity index (χ1n) is 2.49. The van der Waals surface area contributed by atoms with Crippen molar-refractivity contribution in [3.05, 3.63) is 35.7 Å². The average molecular weight is 276 g/mol. The summed E-state index contributed by atoms with van der Waals surface area (Å²) < 4.78 is 35.8. The Labute approximate surface area is 78.8 Å². The van der Waals surface area contributed by atoms with Crippen LogP contribution in [0.5, 0.6) is 0 Å². The van der Waals surface area contributed by atoms with E-state index in [9.17, 15) is 13.2 Å². The summed E-state index contributed by atoms with van der Waals surface area (Å²) in [6, 6.07) is 2.91. The third-order valence-corrected chi connectivity index (χ3v) is 0.818. The third-order valence-electron chi connectivity index (χ3n) is 0.818. The summed E-state index contributed by atoms with van der Waals surface area (Å²) in [6.07, 6.45) is 0. The molecule has 5 heteroatoms. The second-order valence-corrected chi connectivity index (χ2v) is 1.48. The molecule has 0 aromatic heterocycles. The zero-order valence-corrected chi connectivity index (χ0v) is 9.93. The van der Waals surface area contributed by atoms with E-state index in [0.717, 1.165) is 0 Å². The molecule has 0 atom stereocenters. The van der Waals surface area contributed by atoms with E-state index in [1.54, 1.807) is 0 Å². The minimum atomic E-state index is -1.19. The summed E-state index contributed by atoms with van der Waals surface area (Å²) in [7, 11) is 0. The van der Waals surface area contributed by atoms with Crippen LogP contribution in [0, 0.1) is 23.5 Å². The standard InChI is InChI=1S/C6H2F3.BrH.Zn/c7-4-1-2-5(8)6(9)3-4;;/h2-3H;1H;/q-1;;+2/p-1. The molecule has 0 radical (unpaired) electrons. The number of benzene rings is 1. The van der Waals surface area contributed by atoms with Crippen molar-refractivity contribution in [3.63, 3.8) is 0 Å². The van der Waals surface area contributed by atoms with Crippen LogP contribution < -0.4 is 0 Å². The van der Waals surface area contributed by atoms with Crippen LogP contribution in [-0.2, 0) is 16.3 Å². The van der Waals surface area contributed by atoms with Crippen molar-refractivity contribution >= 4 is 13.6 Å². The minimum absolute atomic E-state index is 0.440. The van der Waals surface area contributed by atoms with Gasteiger partial charge in [0.25, 0.3) is 0 Å². The zero-order chi connectivity index (χ0) is 8.85. The maximum atomic E-state index is 11.9. The molecule has 1 rings (SSSR count). The topological polar surface area (TPSA) is 0 Å². The molecule has 0 aliphatic carbocycles. The molecule has 0 N–H and O–H groups in total. The zero-order valence-electron chi connectivity index (χ0n) is 5.37. The second kappa shape index (κ2) is 5.72. The fraction of sp³-hybridized carbons (Fsp3) is 0. The van der Waals surface area contributed by atoms with Gasteiger partial charge in [-0.15, -0.1) is 12.1 Å². The van der Waals surface area contributed by atoms with Crippen molar-refractivity contribution in [3.8, 4) is 0 Å². The molecule has 0 aliphatic rings. The third kappa shape index (κ3) is 3.87. The van der Waals surface area contributed by atoms with Gasteiger partial charge in [-0.1, -0.05) is 6.07 Å². The Morgan fingerprint density at radius 3 is 2.09 bits per heavy atom. The predicted molar refractivity (Wildman–Crippen MR) is 34.1 cm³/mol. The van der Waals surface area contributed by atoms with E-state index in [2.05, 4.69) is 13.6 Å². The van der Waals surface area contributed by atoms with Gasteiger partial charge in [-0.2, -0.15) is 0 Å². The van der Waals surface area contributed by atoms with E-state index in [1.165, 1.54) is 16.3 Å². The van der Waals surface area contributed by atoms with Gasteiger partial charge in [0.1, 0.15) is 0 Å². The normalized spacial score (nSPS) is 8.55. The first-order valence-corrected chi connectivity index (χ1v) is 9.44. The van der Waals surface area contributed by atoms with E-state index in [0.29, 0.717) is 12.1 Å². The Bertz CT molecular complexity index is 229. The first-order chi connectivity index (χ1) is 5.20. The van der Waals surface area contributed by atoms with E-state index in [-0.39, 0.29) is 0 Å². The monoisotopic (exact) mass is 274 g/mol. The summed E-state index contributed by atoms with van der Waals surface area (Å²) in [5.41, 5.74) is 0. The van der Waals surface area contributed by atoms with Crippen molar-refractivity contribution in [1.82, 2.24) is 0 Å². The SMILES string of the molecule is Fc1[c-]cc(F)c(F)c1.[Zn+][Br]. The Balaban J connectivity index is 0.000000461. The summed E-state index contributed by atoms with van der Waals surface area (Å²) in [6.45, 7) is 0. The molecule has 0 spiro atoms. The van der Waals surface area contributed by atoms with E-state index >= 15 is 0 Å². The van der Waals surface area contributed by atoms with Crippen LogP contribution in [0.2, 0.25) is 0 Å². The van der Waals surface area contributed by atoms with Crippen LogP contribution in [0.3, 0.4) is 0 Å². The summed E-state index contributed by atoms with van der Waals surface area (Å²) >= 11 is 4.25.